The van der Waals surface area contributed by atoms with E-state index in [0.29, 0.717) is 30.3 Å². The molecule has 4 nitrogen and oxygen atoms in total. The largest absolute Gasteiger partial charge is 0.487 e. The van der Waals surface area contributed by atoms with E-state index in [0.717, 1.165) is 18.5 Å². The van der Waals surface area contributed by atoms with E-state index in [1.165, 1.54) is 0 Å². The van der Waals surface area contributed by atoms with Crippen molar-refractivity contribution < 1.29 is 19.0 Å². The molecule has 1 atom stereocenters. The molecule has 4 heteroatoms. The predicted molar refractivity (Wildman–Crippen MR) is 77.8 cm³/mol. The molecule has 1 saturated heterocycles. The Hall–Kier alpha value is -2.33. The molecule has 1 fully saturated rings. The Morgan fingerprint density at radius 3 is 2.62 bits per heavy atom. The maximum Gasteiger partial charge on any atom is 0.172 e. The first-order valence-electron chi connectivity index (χ1n) is 6.86. The third kappa shape index (κ3) is 3.61. The highest BCUT2D eigenvalue weighted by molar-refractivity contribution is 5.81. The molecule has 0 aliphatic carbocycles. The molecule has 0 spiro atoms. The molecule has 108 valence electrons. The summed E-state index contributed by atoms with van der Waals surface area (Å²) in [5.41, 5.74) is 1.52. The molecule has 21 heavy (non-hydrogen) atoms. The number of epoxide rings is 1. The van der Waals surface area contributed by atoms with E-state index < -0.39 is 0 Å². The Morgan fingerprint density at radius 1 is 1.10 bits per heavy atom. The van der Waals surface area contributed by atoms with Gasteiger partial charge < -0.3 is 14.2 Å². The third-order valence-electron chi connectivity index (χ3n) is 3.19. The van der Waals surface area contributed by atoms with E-state index in [2.05, 4.69) is 0 Å². The molecule has 0 aromatic heterocycles. The lowest BCUT2D eigenvalue weighted by molar-refractivity contribution is 0.111. The topological polar surface area (TPSA) is 48.1 Å². The number of carbonyl (C=O) groups is 1. The molecule has 0 N–H and O–H groups in total. The number of hydrogen-bond acceptors (Lipinski definition) is 4. The van der Waals surface area contributed by atoms with Crippen molar-refractivity contribution in [1.82, 2.24) is 0 Å². The monoisotopic (exact) mass is 284 g/mol. The highest BCUT2D eigenvalue weighted by Crippen LogP contribution is 2.31. The molecule has 2 aromatic carbocycles. The number of carbonyl (C=O) groups excluding carboxylic acids is 1. The standard InChI is InChI=1S/C17H16O4/c18-9-14-7-4-8-16(20-12-15-11-19-15)17(14)21-10-13-5-2-1-3-6-13/h1-9,15H,10-12H2. The highest BCUT2D eigenvalue weighted by atomic mass is 16.6. The SMILES string of the molecule is O=Cc1cccc(OCC2CO2)c1OCc1ccccc1. The summed E-state index contributed by atoms with van der Waals surface area (Å²) in [4.78, 5) is 11.2. The van der Waals surface area contributed by atoms with Gasteiger partial charge in [-0.15, -0.1) is 0 Å². The minimum Gasteiger partial charge on any atom is -0.487 e. The predicted octanol–water partition coefficient (Wildman–Crippen LogP) is 2.86. The maximum absolute atomic E-state index is 11.2. The van der Waals surface area contributed by atoms with Crippen LogP contribution in [0, 0.1) is 0 Å². The van der Waals surface area contributed by atoms with Gasteiger partial charge >= 0.3 is 0 Å². The minimum atomic E-state index is 0.159. The van der Waals surface area contributed by atoms with Crippen LogP contribution in [0.15, 0.2) is 48.5 Å². The van der Waals surface area contributed by atoms with Gasteiger partial charge in [-0.3, -0.25) is 4.79 Å². The van der Waals surface area contributed by atoms with Gasteiger partial charge in [0.2, 0.25) is 0 Å². The molecule has 0 saturated carbocycles. The second kappa shape index (κ2) is 6.41. The maximum atomic E-state index is 11.2. The fraction of sp³-hybridized carbons (Fsp3) is 0.235. The van der Waals surface area contributed by atoms with E-state index in [9.17, 15) is 4.79 Å². The summed E-state index contributed by atoms with van der Waals surface area (Å²) in [5.74, 6) is 1.06. The lowest BCUT2D eigenvalue weighted by Crippen LogP contribution is -2.07. The van der Waals surface area contributed by atoms with Crippen molar-refractivity contribution in [3.8, 4) is 11.5 Å². The van der Waals surface area contributed by atoms with Gasteiger partial charge in [-0.1, -0.05) is 36.4 Å². The Balaban J connectivity index is 1.75. The van der Waals surface area contributed by atoms with Gasteiger partial charge in [0.15, 0.2) is 17.8 Å². The second-order valence-electron chi connectivity index (χ2n) is 4.83. The Bertz CT molecular complexity index is 605. The van der Waals surface area contributed by atoms with Gasteiger partial charge in [0.25, 0.3) is 0 Å². The Morgan fingerprint density at radius 2 is 1.90 bits per heavy atom. The second-order valence-corrected chi connectivity index (χ2v) is 4.83. The molecule has 2 aromatic rings. The molecule has 1 heterocycles. The van der Waals surface area contributed by atoms with Crippen LogP contribution in [0.4, 0.5) is 0 Å². The third-order valence-corrected chi connectivity index (χ3v) is 3.19. The summed E-state index contributed by atoms with van der Waals surface area (Å²) < 4.78 is 16.6. The lowest BCUT2D eigenvalue weighted by Gasteiger charge is -2.14. The van der Waals surface area contributed by atoms with Gasteiger partial charge in [-0.05, 0) is 17.7 Å². The lowest BCUT2D eigenvalue weighted by atomic mass is 10.2. The number of benzene rings is 2. The van der Waals surface area contributed by atoms with Crippen molar-refractivity contribution in [2.45, 2.75) is 12.7 Å². The molecule has 3 rings (SSSR count). The van der Waals surface area contributed by atoms with Gasteiger partial charge in [0.05, 0.1) is 12.2 Å². The molecule has 0 radical (unpaired) electrons. The summed E-state index contributed by atoms with van der Waals surface area (Å²) in [5, 5.41) is 0. The van der Waals surface area contributed by atoms with Crippen LogP contribution in [-0.4, -0.2) is 25.6 Å². The Kier molecular flexibility index (Phi) is 4.17. The zero-order valence-corrected chi connectivity index (χ0v) is 11.5. The van der Waals surface area contributed by atoms with Gasteiger partial charge in [0.1, 0.15) is 19.3 Å². The van der Waals surface area contributed by atoms with Crippen molar-refractivity contribution in [2.24, 2.45) is 0 Å². The molecular weight excluding hydrogens is 268 g/mol. The van der Waals surface area contributed by atoms with E-state index in [1.54, 1.807) is 18.2 Å². The number of ether oxygens (including phenoxy) is 3. The summed E-state index contributed by atoms with van der Waals surface area (Å²) >= 11 is 0. The fourth-order valence-corrected chi connectivity index (χ4v) is 1.97. The first kappa shape index (κ1) is 13.6. The number of hydrogen-bond donors (Lipinski definition) is 0. The quantitative estimate of drug-likeness (QED) is 0.579. The van der Waals surface area contributed by atoms with Crippen molar-refractivity contribution >= 4 is 6.29 Å². The van der Waals surface area contributed by atoms with E-state index in [1.807, 2.05) is 30.3 Å². The van der Waals surface area contributed by atoms with Crippen LogP contribution in [0.25, 0.3) is 0 Å². The van der Waals surface area contributed by atoms with Gasteiger partial charge in [0, 0.05) is 0 Å². The molecule has 0 amide bonds. The zero-order valence-electron chi connectivity index (χ0n) is 11.5. The summed E-state index contributed by atoms with van der Waals surface area (Å²) in [7, 11) is 0. The Labute approximate surface area is 123 Å². The molecular formula is C17H16O4. The van der Waals surface area contributed by atoms with Crippen molar-refractivity contribution in [3.05, 3.63) is 59.7 Å². The summed E-state index contributed by atoms with van der Waals surface area (Å²) in [6, 6.07) is 15.1. The fourth-order valence-electron chi connectivity index (χ4n) is 1.97. The minimum absolute atomic E-state index is 0.159. The van der Waals surface area contributed by atoms with E-state index >= 15 is 0 Å². The van der Waals surface area contributed by atoms with Crippen LogP contribution in [0.3, 0.4) is 0 Å². The van der Waals surface area contributed by atoms with E-state index in [4.69, 9.17) is 14.2 Å². The van der Waals surface area contributed by atoms with Gasteiger partial charge in [-0.2, -0.15) is 0 Å². The van der Waals surface area contributed by atoms with Crippen LogP contribution >= 0.6 is 0 Å². The van der Waals surface area contributed by atoms with Crippen LogP contribution in [0.2, 0.25) is 0 Å². The highest BCUT2D eigenvalue weighted by Gasteiger charge is 2.24. The average Bonchev–Trinajstić information content (AvgIpc) is 3.36. The normalized spacial score (nSPS) is 16.3. The molecule has 0 bridgehead atoms. The smallest absolute Gasteiger partial charge is 0.172 e. The van der Waals surface area contributed by atoms with Crippen LogP contribution < -0.4 is 9.47 Å². The van der Waals surface area contributed by atoms with Crippen molar-refractivity contribution in [2.75, 3.05) is 13.2 Å². The zero-order chi connectivity index (χ0) is 14.5. The number of aldehydes is 1. The van der Waals surface area contributed by atoms with E-state index in [-0.39, 0.29) is 6.10 Å². The summed E-state index contributed by atoms with van der Waals surface area (Å²) in [6.07, 6.45) is 0.938. The summed E-state index contributed by atoms with van der Waals surface area (Å²) in [6.45, 7) is 1.60. The molecule has 1 aliphatic heterocycles. The van der Waals surface area contributed by atoms with Gasteiger partial charge in [-0.25, -0.2) is 0 Å². The first-order valence-corrected chi connectivity index (χ1v) is 6.86. The number of rotatable bonds is 7. The van der Waals surface area contributed by atoms with Crippen molar-refractivity contribution in [3.63, 3.8) is 0 Å². The average molecular weight is 284 g/mol. The molecule has 1 unspecified atom stereocenters. The van der Waals surface area contributed by atoms with Crippen molar-refractivity contribution in [1.29, 1.82) is 0 Å². The van der Waals surface area contributed by atoms with Crippen LogP contribution in [0.5, 0.6) is 11.5 Å². The molecule has 1 aliphatic rings. The number of para-hydroxylation sites is 1. The van der Waals surface area contributed by atoms with Crippen LogP contribution in [0.1, 0.15) is 15.9 Å². The van der Waals surface area contributed by atoms with Crippen LogP contribution in [-0.2, 0) is 11.3 Å². The first-order chi connectivity index (χ1) is 10.4.